The van der Waals surface area contributed by atoms with Crippen LogP contribution in [0.2, 0.25) is 0 Å². The molecule has 0 aromatic rings. The molecule has 0 saturated carbocycles. The Balaban J connectivity index is 1.44. The summed E-state index contributed by atoms with van der Waals surface area (Å²) < 4.78 is 11.3. The zero-order valence-electron chi connectivity index (χ0n) is 14.0. The number of hydrogen-bond donors (Lipinski definition) is 1. The standard InChI is InChI=1S/C17H34N2O2/c1-3-19-10-7-16(8-11-19)15(2)18-9-5-12-20-14-17-6-4-13-21-17/h15-18H,3-14H2,1-2H3. The minimum atomic E-state index is 0.362. The summed E-state index contributed by atoms with van der Waals surface area (Å²) in [5.41, 5.74) is 0. The average Bonchev–Trinajstić information content (AvgIpc) is 3.04. The normalized spacial score (nSPS) is 26.3. The highest BCUT2D eigenvalue weighted by Gasteiger charge is 2.22. The first-order chi connectivity index (χ1) is 10.3. The summed E-state index contributed by atoms with van der Waals surface area (Å²) in [6.45, 7) is 12.0. The van der Waals surface area contributed by atoms with Crippen LogP contribution in [0.1, 0.15) is 46.0 Å². The Labute approximate surface area is 130 Å². The van der Waals surface area contributed by atoms with Gasteiger partial charge in [-0.15, -0.1) is 0 Å². The molecule has 0 aromatic carbocycles. The molecule has 2 rings (SSSR count). The third-order valence-corrected chi connectivity index (χ3v) is 5.05. The van der Waals surface area contributed by atoms with Crippen molar-refractivity contribution in [2.75, 3.05) is 46.0 Å². The quantitative estimate of drug-likeness (QED) is 0.662. The predicted molar refractivity (Wildman–Crippen MR) is 86.7 cm³/mol. The van der Waals surface area contributed by atoms with Crippen molar-refractivity contribution in [1.82, 2.24) is 10.2 Å². The summed E-state index contributed by atoms with van der Waals surface area (Å²) in [6.07, 6.45) is 6.52. The van der Waals surface area contributed by atoms with Gasteiger partial charge >= 0.3 is 0 Å². The smallest absolute Gasteiger partial charge is 0.0809 e. The Kier molecular flexibility index (Phi) is 8.01. The third kappa shape index (κ3) is 6.23. The van der Waals surface area contributed by atoms with E-state index in [2.05, 4.69) is 24.1 Å². The molecule has 0 amide bonds. The Morgan fingerprint density at radius 1 is 1.29 bits per heavy atom. The molecule has 2 saturated heterocycles. The summed E-state index contributed by atoms with van der Waals surface area (Å²) in [4.78, 5) is 2.56. The molecule has 21 heavy (non-hydrogen) atoms. The minimum Gasteiger partial charge on any atom is -0.379 e. The first kappa shape index (κ1) is 17.2. The fourth-order valence-electron chi connectivity index (χ4n) is 3.43. The number of nitrogens with one attached hydrogen (secondary N) is 1. The molecule has 2 aliphatic heterocycles. The van der Waals surface area contributed by atoms with Crippen molar-refractivity contribution in [2.24, 2.45) is 5.92 Å². The molecule has 0 aliphatic carbocycles. The van der Waals surface area contributed by atoms with Gasteiger partial charge in [-0.05, 0) is 71.1 Å². The number of hydrogen-bond acceptors (Lipinski definition) is 4. The Hall–Kier alpha value is -0.160. The Bertz CT molecular complexity index is 262. The van der Waals surface area contributed by atoms with E-state index in [9.17, 15) is 0 Å². The molecule has 4 heteroatoms. The van der Waals surface area contributed by atoms with Gasteiger partial charge in [0.15, 0.2) is 0 Å². The van der Waals surface area contributed by atoms with Gasteiger partial charge in [0.25, 0.3) is 0 Å². The van der Waals surface area contributed by atoms with Crippen LogP contribution in [0.4, 0.5) is 0 Å². The summed E-state index contributed by atoms with van der Waals surface area (Å²) in [5.74, 6) is 0.848. The van der Waals surface area contributed by atoms with E-state index in [4.69, 9.17) is 9.47 Å². The summed E-state index contributed by atoms with van der Waals surface area (Å²) in [5, 5.41) is 3.68. The predicted octanol–water partition coefficient (Wildman–Crippen LogP) is 2.28. The third-order valence-electron chi connectivity index (χ3n) is 5.05. The fraction of sp³-hybridized carbons (Fsp3) is 1.00. The number of rotatable bonds is 9. The van der Waals surface area contributed by atoms with Gasteiger partial charge in [0.1, 0.15) is 0 Å². The van der Waals surface area contributed by atoms with E-state index in [1.807, 2.05) is 0 Å². The lowest BCUT2D eigenvalue weighted by molar-refractivity contribution is 0.0164. The van der Waals surface area contributed by atoms with Crippen LogP contribution in [0, 0.1) is 5.92 Å². The van der Waals surface area contributed by atoms with Crippen LogP contribution in [0.5, 0.6) is 0 Å². The SMILES string of the molecule is CCN1CCC(C(C)NCCCOCC2CCCO2)CC1. The van der Waals surface area contributed by atoms with Crippen molar-refractivity contribution in [1.29, 1.82) is 0 Å². The highest BCUT2D eigenvalue weighted by Crippen LogP contribution is 2.20. The summed E-state index contributed by atoms with van der Waals surface area (Å²) >= 11 is 0. The summed E-state index contributed by atoms with van der Waals surface area (Å²) in [6, 6.07) is 0.641. The second kappa shape index (κ2) is 9.78. The van der Waals surface area contributed by atoms with Gasteiger partial charge in [-0.1, -0.05) is 6.92 Å². The molecule has 2 aliphatic rings. The molecule has 1 N–H and O–H groups in total. The van der Waals surface area contributed by atoms with Gasteiger partial charge < -0.3 is 19.7 Å². The van der Waals surface area contributed by atoms with Crippen molar-refractivity contribution in [3.63, 3.8) is 0 Å². The molecule has 0 bridgehead atoms. The molecule has 0 spiro atoms. The lowest BCUT2D eigenvalue weighted by Gasteiger charge is -2.34. The summed E-state index contributed by atoms with van der Waals surface area (Å²) in [7, 11) is 0. The van der Waals surface area contributed by atoms with Crippen LogP contribution in [-0.4, -0.2) is 63.0 Å². The molecule has 2 unspecified atom stereocenters. The van der Waals surface area contributed by atoms with E-state index in [1.165, 1.54) is 45.3 Å². The molecule has 2 atom stereocenters. The second-order valence-corrected chi connectivity index (χ2v) is 6.58. The van der Waals surface area contributed by atoms with E-state index < -0.39 is 0 Å². The highest BCUT2D eigenvalue weighted by atomic mass is 16.5. The fourth-order valence-corrected chi connectivity index (χ4v) is 3.43. The van der Waals surface area contributed by atoms with E-state index in [-0.39, 0.29) is 0 Å². The first-order valence-electron chi connectivity index (χ1n) is 8.94. The van der Waals surface area contributed by atoms with Gasteiger partial charge in [0, 0.05) is 19.3 Å². The highest BCUT2D eigenvalue weighted by molar-refractivity contribution is 4.79. The second-order valence-electron chi connectivity index (χ2n) is 6.58. The molecule has 124 valence electrons. The molecular weight excluding hydrogens is 264 g/mol. The zero-order valence-corrected chi connectivity index (χ0v) is 14.0. The number of piperidine rings is 1. The number of nitrogens with zero attached hydrogens (tertiary/aromatic N) is 1. The van der Waals surface area contributed by atoms with E-state index >= 15 is 0 Å². The average molecular weight is 298 g/mol. The molecule has 2 fully saturated rings. The van der Waals surface area contributed by atoms with Crippen LogP contribution < -0.4 is 5.32 Å². The van der Waals surface area contributed by atoms with Crippen molar-refractivity contribution in [3.8, 4) is 0 Å². The van der Waals surface area contributed by atoms with Gasteiger partial charge in [-0.3, -0.25) is 0 Å². The van der Waals surface area contributed by atoms with Gasteiger partial charge in [-0.2, -0.15) is 0 Å². The zero-order chi connectivity index (χ0) is 14.9. The molecule has 4 nitrogen and oxygen atoms in total. The molecular formula is C17H34N2O2. The topological polar surface area (TPSA) is 33.7 Å². The van der Waals surface area contributed by atoms with E-state index in [0.717, 1.165) is 38.7 Å². The van der Waals surface area contributed by atoms with Crippen LogP contribution in [-0.2, 0) is 9.47 Å². The largest absolute Gasteiger partial charge is 0.379 e. The van der Waals surface area contributed by atoms with Gasteiger partial charge in [-0.25, -0.2) is 0 Å². The molecule has 0 aromatic heterocycles. The van der Waals surface area contributed by atoms with Crippen molar-refractivity contribution >= 4 is 0 Å². The van der Waals surface area contributed by atoms with Crippen molar-refractivity contribution in [3.05, 3.63) is 0 Å². The van der Waals surface area contributed by atoms with Crippen LogP contribution in [0.3, 0.4) is 0 Å². The van der Waals surface area contributed by atoms with Crippen molar-refractivity contribution < 1.29 is 9.47 Å². The Morgan fingerprint density at radius 3 is 2.76 bits per heavy atom. The van der Waals surface area contributed by atoms with E-state index in [0.29, 0.717) is 12.1 Å². The number of ether oxygens (including phenoxy) is 2. The van der Waals surface area contributed by atoms with Crippen LogP contribution in [0.25, 0.3) is 0 Å². The van der Waals surface area contributed by atoms with E-state index in [1.54, 1.807) is 0 Å². The monoisotopic (exact) mass is 298 g/mol. The maximum Gasteiger partial charge on any atom is 0.0809 e. The van der Waals surface area contributed by atoms with Gasteiger partial charge in [0.05, 0.1) is 12.7 Å². The number of likely N-dealkylation sites (tertiary alicyclic amines) is 1. The lowest BCUT2D eigenvalue weighted by atomic mass is 9.90. The molecule has 0 radical (unpaired) electrons. The van der Waals surface area contributed by atoms with Gasteiger partial charge in [0.2, 0.25) is 0 Å². The van der Waals surface area contributed by atoms with Crippen molar-refractivity contribution in [2.45, 2.75) is 58.1 Å². The maximum absolute atomic E-state index is 5.70. The lowest BCUT2D eigenvalue weighted by Crippen LogP contribution is -2.42. The Morgan fingerprint density at radius 2 is 2.10 bits per heavy atom. The maximum atomic E-state index is 5.70. The first-order valence-corrected chi connectivity index (χ1v) is 8.94. The molecule has 2 heterocycles. The van der Waals surface area contributed by atoms with Crippen LogP contribution in [0.15, 0.2) is 0 Å². The minimum absolute atomic E-state index is 0.362. The van der Waals surface area contributed by atoms with Crippen LogP contribution >= 0.6 is 0 Å².